The van der Waals surface area contributed by atoms with Crippen molar-refractivity contribution in [2.45, 2.75) is 6.92 Å². The largest absolute Gasteiger partial charge is 0.370 e. The highest BCUT2D eigenvalue weighted by atomic mass is 16.6. The molecule has 0 aliphatic heterocycles. The number of nitrogens with one attached hydrogen (secondary N) is 2. The van der Waals surface area contributed by atoms with Gasteiger partial charge >= 0.3 is 5.69 Å². The van der Waals surface area contributed by atoms with Crippen LogP contribution in [0.1, 0.15) is 5.69 Å². The Morgan fingerprint density at radius 3 is 2.75 bits per heavy atom. The number of aryl methyl sites for hydroxylation is 1. The van der Waals surface area contributed by atoms with Crippen LogP contribution in [-0.2, 0) is 9.53 Å². The molecule has 0 spiro atoms. The molecule has 0 aliphatic carbocycles. The molecule has 0 bridgehead atoms. The number of aromatic nitrogens is 2. The third kappa shape index (κ3) is 4.29. The molecule has 11 heteroatoms. The first-order valence-corrected chi connectivity index (χ1v) is 5.55. The average molecular weight is 285 g/mol. The predicted octanol–water partition coefficient (Wildman–Crippen LogP) is -1.11. The van der Waals surface area contributed by atoms with Crippen LogP contribution in [0.25, 0.3) is 0 Å². The van der Waals surface area contributed by atoms with E-state index in [2.05, 4.69) is 20.7 Å². The van der Waals surface area contributed by atoms with Crippen molar-refractivity contribution in [3.05, 3.63) is 15.8 Å². The summed E-state index contributed by atoms with van der Waals surface area (Å²) in [6.07, 6.45) is 0. The third-order valence-electron chi connectivity index (χ3n) is 2.15. The summed E-state index contributed by atoms with van der Waals surface area (Å²) in [5.74, 6) is 4.64. The number of nitro groups is 1. The molecule has 1 amide bonds. The minimum absolute atomic E-state index is 0.0122. The van der Waals surface area contributed by atoms with E-state index >= 15 is 0 Å². The van der Waals surface area contributed by atoms with Crippen molar-refractivity contribution >= 4 is 23.4 Å². The lowest BCUT2D eigenvalue weighted by Crippen LogP contribution is -2.21. The maximum absolute atomic E-state index is 11.0. The monoisotopic (exact) mass is 285 g/mol. The van der Waals surface area contributed by atoms with Gasteiger partial charge in [0.1, 0.15) is 12.3 Å². The molecular formula is C9H15N7O4. The number of nitrogens with two attached hydrogens (primary N) is 2. The van der Waals surface area contributed by atoms with Crippen LogP contribution in [0.2, 0.25) is 0 Å². The molecule has 0 aromatic carbocycles. The van der Waals surface area contributed by atoms with E-state index < -0.39 is 10.8 Å². The van der Waals surface area contributed by atoms with Crippen molar-refractivity contribution in [1.82, 2.24) is 9.97 Å². The molecule has 0 unspecified atom stereocenters. The van der Waals surface area contributed by atoms with Gasteiger partial charge in [-0.1, -0.05) is 0 Å². The predicted molar refractivity (Wildman–Crippen MR) is 69.7 cm³/mol. The van der Waals surface area contributed by atoms with Crippen LogP contribution < -0.4 is 22.3 Å². The first kappa shape index (κ1) is 15.5. The molecule has 0 saturated heterocycles. The lowest BCUT2D eigenvalue weighted by Gasteiger charge is -2.09. The Bertz CT molecular complexity index is 507. The van der Waals surface area contributed by atoms with Crippen molar-refractivity contribution in [3.8, 4) is 0 Å². The Hall–Kier alpha value is -2.53. The molecule has 20 heavy (non-hydrogen) atoms. The van der Waals surface area contributed by atoms with Gasteiger partial charge in [0.15, 0.2) is 0 Å². The van der Waals surface area contributed by atoms with Gasteiger partial charge in [-0.05, 0) is 6.92 Å². The maximum Gasteiger partial charge on any atom is 0.332 e. The Kier molecular flexibility index (Phi) is 5.56. The minimum Gasteiger partial charge on any atom is -0.370 e. The molecule has 110 valence electrons. The topological polar surface area (TPSA) is 171 Å². The minimum atomic E-state index is -0.595. The van der Waals surface area contributed by atoms with Crippen molar-refractivity contribution in [2.75, 3.05) is 30.5 Å². The number of anilines is 2. The number of amides is 1. The first-order valence-electron chi connectivity index (χ1n) is 5.55. The van der Waals surface area contributed by atoms with Gasteiger partial charge in [-0.15, -0.1) is 0 Å². The number of carbonyl (C=O) groups is 1. The molecule has 0 fully saturated rings. The number of carbonyl (C=O) groups excluding carboxylic acids is 1. The fourth-order valence-corrected chi connectivity index (χ4v) is 1.39. The van der Waals surface area contributed by atoms with Crippen LogP contribution in [0.5, 0.6) is 0 Å². The lowest BCUT2D eigenvalue weighted by atomic mass is 10.3. The van der Waals surface area contributed by atoms with E-state index in [1.54, 1.807) is 0 Å². The van der Waals surface area contributed by atoms with Gasteiger partial charge in [-0.2, -0.15) is 4.98 Å². The zero-order valence-corrected chi connectivity index (χ0v) is 10.8. The average Bonchev–Trinajstić information content (AvgIpc) is 2.36. The van der Waals surface area contributed by atoms with Gasteiger partial charge in [0.2, 0.25) is 17.7 Å². The number of primary amides is 1. The van der Waals surface area contributed by atoms with Gasteiger partial charge in [-0.25, -0.2) is 10.8 Å². The lowest BCUT2D eigenvalue weighted by molar-refractivity contribution is -0.385. The van der Waals surface area contributed by atoms with E-state index in [1.165, 1.54) is 6.92 Å². The number of nitrogens with zero attached hydrogens (tertiary/aromatic N) is 3. The summed E-state index contributed by atoms with van der Waals surface area (Å²) in [5, 5.41) is 13.7. The van der Waals surface area contributed by atoms with Crippen LogP contribution in [0.3, 0.4) is 0 Å². The molecule has 1 heterocycles. The highest BCUT2D eigenvalue weighted by Gasteiger charge is 2.21. The normalized spacial score (nSPS) is 10.1. The summed E-state index contributed by atoms with van der Waals surface area (Å²) in [5.41, 5.74) is 7.02. The van der Waals surface area contributed by atoms with Gasteiger partial charge in [0.05, 0.1) is 11.5 Å². The Morgan fingerprint density at radius 1 is 1.50 bits per heavy atom. The second-order valence-electron chi connectivity index (χ2n) is 3.68. The first-order chi connectivity index (χ1) is 9.45. The highest BCUT2D eigenvalue weighted by Crippen LogP contribution is 2.25. The molecule has 0 radical (unpaired) electrons. The van der Waals surface area contributed by atoms with Crippen LogP contribution in [0.15, 0.2) is 0 Å². The fourth-order valence-electron chi connectivity index (χ4n) is 1.39. The van der Waals surface area contributed by atoms with E-state index in [4.69, 9.17) is 16.3 Å². The second kappa shape index (κ2) is 7.16. The smallest absolute Gasteiger partial charge is 0.332 e. The number of hydrogen-bond donors (Lipinski definition) is 4. The highest BCUT2D eigenvalue weighted by molar-refractivity contribution is 5.74. The molecule has 0 aliphatic rings. The zero-order valence-electron chi connectivity index (χ0n) is 10.8. The quantitative estimate of drug-likeness (QED) is 0.200. The summed E-state index contributed by atoms with van der Waals surface area (Å²) < 4.78 is 4.91. The number of nitrogen functional groups attached to an aromatic ring is 1. The summed E-state index contributed by atoms with van der Waals surface area (Å²) in [4.78, 5) is 28.5. The van der Waals surface area contributed by atoms with Crippen LogP contribution in [0, 0.1) is 17.0 Å². The number of ether oxygens (including phenoxy) is 1. The van der Waals surface area contributed by atoms with E-state index in [9.17, 15) is 14.9 Å². The summed E-state index contributed by atoms with van der Waals surface area (Å²) >= 11 is 0. The van der Waals surface area contributed by atoms with Crippen molar-refractivity contribution in [1.29, 1.82) is 0 Å². The van der Waals surface area contributed by atoms with Gasteiger partial charge in [-0.3, -0.25) is 20.3 Å². The second-order valence-corrected chi connectivity index (χ2v) is 3.68. The molecular weight excluding hydrogens is 270 g/mol. The summed E-state index contributed by atoms with van der Waals surface area (Å²) in [6, 6.07) is 0. The molecule has 11 nitrogen and oxygen atoms in total. The molecule has 0 saturated carbocycles. The van der Waals surface area contributed by atoms with Crippen molar-refractivity contribution < 1.29 is 14.5 Å². The number of hydrogen-bond acceptors (Lipinski definition) is 9. The maximum atomic E-state index is 11.0. The summed E-state index contributed by atoms with van der Waals surface area (Å²) in [6.45, 7) is 1.58. The zero-order chi connectivity index (χ0) is 15.1. The Balaban J connectivity index is 2.74. The number of hydrazine groups is 1. The van der Waals surface area contributed by atoms with E-state index in [1.807, 2.05) is 0 Å². The van der Waals surface area contributed by atoms with Gasteiger partial charge in [0.25, 0.3) is 0 Å². The Labute approximate surface area is 113 Å². The van der Waals surface area contributed by atoms with Crippen LogP contribution in [-0.4, -0.2) is 40.6 Å². The van der Waals surface area contributed by atoms with Crippen molar-refractivity contribution in [2.24, 2.45) is 11.6 Å². The van der Waals surface area contributed by atoms with Crippen molar-refractivity contribution in [3.63, 3.8) is 0 Å². The standard InChI is InChI=1S/C9H15N7O4/c1-5-7(16(18)19)8(14-9(13-5)15-11)12-2-3-20-4-6(10)17/h2-4,11H2,1H3,(H2,10,17)(H2,12,13,14,15). The molecule has 6 N–H and O–H groups in total. The SMILES string of the molecule is Cc1nc(NN)nc(NCCOCC(N)=O)c1[N+](=O)[O-]. The Morgan fingerprint density at radius 2 is 2.20 bits per heavy atom. The van der Waals surface area contributed by atoms with Gasteiger partial charge < -0.3 is 15.8 Å². The van der Waals surface area contributed by atoms with Crippen LogP contribution >= 0.6 is 0 Å². The summed E-state index contributed by atoms with van der Waals surface area (Å²) in [7, 11) is 0. The molecule has 1 aromatic rings. The molecule has 0 atom stereocenters. The third-order valence-corrected chi connectivity index (χ3v) is 2.15. The molecule has 1 aromatic heterocycles. The number of rotatable bonds is 8. The van der Waals surface area contributed by atoms with E-state index in [0.717, 1.165) is 0 Å². The molecule has 1 rings (SSSR count). The van der Waals surface area contributed by atoms with E-state index in [-0.39, 0.29) is 42.9 Å². The fraction of sp³-hybridized carbons (Fsp3) is 0.444. The van der Waals surface area contributed by atoms with Gasteiger partial charge in [0, 0.05) is 6.54 Å². The van der Waals surface area contributed by atoms with Crippen LogP contribution in [0.4, 0.5) is 17.5 Å². The van der Waals surface area contributed by atoms with E-state index in [0.29, 0.717) is 0 Å².